The fourth-order valence-corrected chi connectivity index (χ4v) is 2.14. The molecule has 0 aliphatic heterocycles. The van der Waals surface area contributed by atoms with Gasteiger partial charge in [0.15, 0.2) is 0 Å². The first-order valence-electron chi connectivity index (χ1n) is 5.69. The molecule has 0 bridgehead atoms. The van der Waals surface area contributed by atoms with Gasteiger partial charge in [-0.25, -0.2) is 10.8 Å². The highest BCUT2D eigenvalue weighted by molar-refractivity contribution is 7.11. The number of nitrogens with zero attached hydrogens (tertiary/aromatic N) is 4. The molecule has 0 aliphatic rings. The lowest BCUT2D eigenvalue weighted by Gasteiger charge is -2.06. The Morgan fingerprint density at radius 2 is 2.11 bits per heavy atom. The van der Waals surface area contributed by atoms with Crippen LogP contribution in [0.15, 0.2) is 6.20 Å². The molecule has 0 fully saturated rings. The number of hydrogen-bond acceptors (Lipinski definition) is 9. The lowest BCUT2D eigenvalue weighted by Crippen LogP contribution is -2.14. The van der Waals surface area contributed by atoms with Gasteiger partial charge < -0.3 is 10.1 Å². The molecule has 8 nitrogen and oxygen atoms in total. The van der Waals surface area contributed by atoms with E-state index in [1.165, 1.54) is 12.0 Å². The number of hydrazine groups is 1. The molecule has 2 rings (SSSR count). The van der Waals surface area contributed by atoms with Gasteiger partial charge in [0.2, 0.25) is 11.9 Å². The zero-order valence-electron chi connectivity index (χ0n) is 10.7. The van der Waals surface area contributed by atoms with Crippen LogP contribution in [0.25, 0.3) is 0 Å². The molecule has 0 aromatic carbocycles. The summed E-state index contributed by atoms with van der Waals surface area (Å²) in [5.74, 6) is 5.90. The van der Waals surface area contributed by atoms with Crippen molar-refractivity contribution < 1.29 is 4.74 Å². The van der Waals surface area contributed by atoms with E-state index in [2.05, 4.69) is 37.6 Å². The van der Waals surface area contributed by atoms with E-state index >= 15 is 0 Å². The molecule has 0 unspecified atom stereocenters. The Labute approximate surface area is 114 Å². The summed E-state index contributed by atoms with van der Waals surface area (Å²) in [5.41, 5.74) is 2.36. The van der Waals surface area contributed by atoms with E-state index in [0.717, 1.165) is 11.4 Å². The average molecular weight is 281 g/mol. The summed E-state index contributed by atoms with van der Waals surface area (Å²) in [4.78, 5) is 17.6. The van der Waals surface area contributed by atoms with Gasteiger partial charge in [0.05, 0.1) is 13.7 Å². The minimum atomic E-state index is 0.193. The van der Waals surface area contributed by atoms with Gasteiger partial charge >= 0.3 is 6.01 Å². The molecule has 2 aromatic rings. The number of nitrogens with two attached hydrogens (primary N) is 1. The zero-order chi connectivity index (χ0) is 13.7. The largest absolute Gasteiger partial charge is 0.467 e. The lowest BCUT2D eigenvalue weighted by molar-refractivity contribution is 0.379. The number of hydrogen-bond donors (Lipinski definition) is 3. The van der Waals surface area contributed by atoms with Crippen molar-refractivity contribution in [3.63, 3.8) is 0 Å². The Kier molecular flexibility index (Phi) is 4.42. The van der Waals surface area contributed by atoms with Crippen LogP contribution in [0.2, 0.25) is 0 Å². The topological polar surface area (TPSA) is 111 Å². The first-order chi connectivity index (χ1) is 9.25. The quantitative estimate of drug-likeness (QED) is 0.526. The van der Waals surface area contributed by atoms with Crippen LogP contribution in [0, 0.1) is 0 Å². The Morgan fingerprint density at radius 1 is 1.32 bits per heavy atom. The molecule has 0 radical (unpaired) electrons. The van der Waals surface area contributed by atoms with Gasteiger partial charge in [-0.1, -0.05) is 6.92 Å². The predicted octanol–water partition coefficient (Wildman–Crippen LogP) is 0.797. The summed E-state index contributed by atoms with van der Waals surface area (Å²) >= 11 is 1.66. The van der Waals surface area contributed by atoms with Gasteiger partial charge in [-0.15, -0.1) is 11.3 Å². The number of rotatable bonds is 6. The summed E-state index contributed by atoms with van der Waals surface area (Å²) in [6, 6.07) is 0.193. The molecule has 0 saturated heterocycles. The predicted molar refractivity (Wildman–Crippen MR) is 73.0 cm³/mol. The van der Waals surface area contributed by atoms with Crippen LogP contribution >= 0.6 is 11.3 Å². The van der Waals surface area contributed by atoms with Crippen molar-refractivity contribution in [3.8, 4) is 6.01 Å². The zero-order valence-corrected chi connectivity index (χ0v) is 11.5. The van der Waals surface area contributed by atoms with Crippen molar-refractivity contribution in [2.75, 3.05) is 17.9 Å². The molecule has 9 heteroatoms. The third-order valence-electron chi connectivity index (χ3n) is 2.27. The van der Waals surface area contributed by atoms with Crippen LogP contribution in [0.5, 0.6) is 6.01 Å². The molecule has 0 spiro atoms. The second-order valence-electron chi connectivity index (χ2n) is 3.54. The van der Waals surface area contributed by atoms with Crippen molar-refractivity contribution in [1.29, 1.82) is 0 Å². The Bertz CT molecular complexity index is 522. The van der Waals surface area contributed by atoms with Gasteiger partial charge in [-0.2, -0.15) is 15.0 Å². The summed E-state index contributed by atoms with van der Waals surface area (Å²) in [6.45, 7) is 2.64. The second kappa shape index (κ2) is 6.25. The molecular weight excluding hydrogens is 266 g/mol. The van der Waals surface area contributed by atoms with E-state index in [9.17, 15) is 0 Å². The first-order valence-corrected chi connectivity index (χ1v) is 6.51. The molecule has 0 amide bonds. The Morgan fingerprint density at radius 3 is 2.74 bits per heavy atom. The van der Waals surface area contributed by atoms with Crippen molar-refractivity contribution in [1.82, 2.24) is 19.9 Å². The normalized spacial score (nSPS) is 10.3. The maximum atomic E-state index is 5.27. The monoisotopic (exact) mass is 281 g/mol. The van der Waals surface area contributed by atoms with Gasteiger partial charge in [0, 0.05) is 11.1 Å². The molecule has 0 saturated carbocycles. The number of thiazole rings is 1. The maximum absolute atomic E-state index is 5.27. The summed E-state index contributed by atoms with van der Waals surface area (Å²) < 4.78 is 4.96. The number of aryl methyl sites for hydroxylation is 1. The molecule has 4 N–H and O–H groups in total. The standard InChI is InChI=1S/C10H15N7OS/c1-3-6-4-12-7(19-6)5-13-8-14-9(17-11)16-10(15-8)18-2/h4H,3,5,11H2,1-2H3,(H2,13,14,15,16,17). The number of nitrogen functional groups attached to an aromatic ring is 1. The lowest BCUT2D eigenvalue weighted by atomic mass is 10.4. The highest BCUT2D eigenvalue weighted by atomic mass is 32.1. The number of methoxy groups -OCH3 is 1. The summed E-state index contributed by atoms with van der Waals surface area (Å²) in [5, 5.41) is 4.03. The fourth-order valence-electron chi connectivity index (χ4n) is 1.34. The molecule has 2 heterocycles. The van der Waals surface area contributed by atoms with Crippen molar-refractivity contribution in [2.24, 2.45) is 5.84 Å². The third-order valence-corrected chi connectivity index (χ3v) is 3.42. The van der Waals surface area contributed by atoms with Crippen LogP contribution in [-0.4, -0.2) is 27.0 Å². The van der Waals surface area contributed by atoms with Gasteiger partial charge in [0.1, 0.15) is 5.01 Å². The van der Waals surface area contributed by atoms with E-state index in [0.29, 0.717) is 12.5 Å². The maximum Gasteiger partial charge on any atom is 0.322 e. The van der Waals surface area contributed by atoms with Crippen molar-refractivity contribution in [2.45, 2.75) is 19.9 Å². The third kappa shape index (κ3) is 3.48. The summed E-state index contributed by atoms with van der Waals surface area (Å²) in [7, 11) is 1.48. The van der Waals surface area contributed by atoms with Crippen LogP contribution in [0.4, 0.5) is 11.9 Å². The number of aromatic nitrogens is 4. The smallest absolute Gasteiger partial charge is 0.322 e. The Balaban J connectivity index is 2.05. The number of anilines is 2. The van der Waals surface area contributed by atoms with Crippen LogP contribution < -0.4 is 21.3 Å². The van der Waals surface area contributed by atoms with Crippen molar-refractivity contribution >= 4 is 23.2 Å². The minimum absolute atomic E-state index is 0.193. The summed E-state index contributed by atoms with van der Waals surface area (Å²) in [6.07, 6.45) is 2.86. The molecule has 0 atom stereocenters. The number of nitrogens with one attached hydrogen (secondary N) is 2. The second-order valence-corrected chi connectivity index (χ2v) is 4.74. The van der Waals surface area contributed by atoms with Crippen LogP contribution in [0.1, 0.15) is 16.8 Å². The van der Waals surface area contributed by atoms with E-state index in [4.69, 9.17) is 10.6 Å². The molecular formula is C10H15N7OS. The number of ether oxygens (including phenoxy) is 1. The highest BCUT2D eigenvalue weighted by Gasteiger charge is 2.07. The van der Waals surface area contributed by atoms with Crippen LogP contribution in [-0.2, 0) is 13.0 Å². The average Bonchev–Trinajstić information content (AvgIpc) is 2.92. The first kappa shape index (κ1) is 13.4. The molecule has 2 aromatic heterocycles. The van der Waals surface area contributed by atoms with Gasteiger partial charge in [-0.05, 0) is 6.42 Å². The van der Waals surface area contributed by atoms with Gasteiger partial charge in [0.25, 0.3) is 0 Å². The van der Waals surface area contributed by atoms with E-state index in [-0.39, 0.29) is 12.0 Å². The van der Waals surface area contributed by atoms with E-state index in [1.54, 1.807) is 11.3 Å². The molecule has 19 heavy (non-hydrogen) atoms. The highest BCUT2D eigenvalue weighted by Crippen LogP contribution is 2.15. The van der Waals surface area contributed by atoms with Crippen LogP contribution in [0.3, 0.4) is 0 Å². The fraction of sp³-hybridized carbons (Fsp3) is 0.400. The van der Waals surface area contributed by atoms with E-state index in [1.807, 2.05) is 6.20 Å². The molecule has 0 aliphatic carbocycles. The Hall–Kier alpha value is -2.00. The minimum Gasteiger partial charge on any atom is -0.467 e. The SMILES string of the molecule is CCc1cnc(CNc2nc(NN)nc(OC)n2)s1. The van der Waals surface area contributed by atoms with E-state index < -0.39 is 0 Å². The van der Waals surface area contributed by atoms with Gasteiger partial charge in [-0.3, -0.25) is 5.43 Å². The van der Waals surface area contributed by atoms with Crippen molar-refractivity contribution in [3.05, 3.63) is 16.1 Å². The molecule has 102 valence electrons.